The third-order valence-corrected chi connectivity index (χ3v) is 8.29. The highest BCUT2D eigenvalue weighted by Crippen LogP contribution is 2.25. The van der Waals surface area contributed by atoms with Gasteiger partial charge < -0.3 is 15.1 Å². The van der Waals surface area contributed by atoms with Gasteiger partial charge in [-0.1, -0.05) is 0 Å². The van der Waals surface area contributed by atoms with E-state index in [1.807, 2.05) is 4.90 Å². The van der Waals surface area contributed by atoms with Crippen LogP contribution in [0.1, 0.15) is 12.8 Å². The molecule has 2 aliphatic rings. The summed E-state index contributed by atoms with van der Waals surface area (Å²) in [6.07, 6.45) is 0.314. The molecule has 1 unspecified atom stereocenters. The molecule has 0 aromatic heterocycles. The summed E-state index contributed by atoms with van der Waals surface area (Å²) in [5.41, 5.74) is 1.40. The van der Waals surface area contributed by atoms with E-state index in [0.717, 1.165) is 5.69 Å². The lowest BCUT2D eigenvalue weighted by molar-refractivity contribution is -0.126. The lowest BCUT2D eigenvalue weighted by atomic mass is 10.1. The maximum Gasteiger partial charge on any atom is 0.227 e. The van der Waals surface area contributed by atoms with E-state index in [0.29, 0.717) is 31.9 Å². The van der Waals surface area contributed by atoms with Crippen molar-refractivity contribution in [2.45, 2.75) is 12.8 Å². The van der Waals surface area contributed by atoms with Crippen LogP contribution < -0.4 is 15.1 Å². The molecule has 2 aromatic carbocycles. The summed E-state index contributed by atoms with van der Waals surface area (Å²) in [7, 11) is -3.47. The van der Waals surface area contributed by atoms with Crippen LogP contribution in [0.25, 0.3) is 0 Å². The van der Waals surface area contributed by atoms with E-state index >= 15 is 0 Å². The zero-order valence-corrected chi connectivity index (χ0v) is 20.0. The Morgan fingerprint density at radius 2 is 1.49 bits per heavy atom. The molecule has 2 aromatic rings. The van der Waals surface area contributed by atoms with Crippen molar-refractivity contribution >= 4 is 33.2 Å². The maximum atomic E-state index is 13.1. The van der Waals surface area contributed by atoms with Crippen LogP contribution in [-0.4, -0.2) is 69.6 Å². The van der Waals surface area contributed by atoms with Gasteiger partial charge in [0.25, 0.3) is 0 Å². The monoisotopic (exact) mass is 506 g/mol. The smallest absolute Gasteiger partial charge is 0.227 e. The molecule has 2 fully saturated rings. The Morgan fingerprint density at radius 1 is 0.914 bits per heavy atom. The van der Waals surface area contributed by atoms with Gasteiger partial charge in [-0.2, -0.15) is 4.31 Å². The summed E-state index contributed by atoms with van der Waals surface area (Å²) in [6, 6.07) is 11.6. The molecule has 1 atom stereocenters. The molecule has 0 bridgehead atoms. The maximum absolute atomic E-state index is 13.1. The van der Waals surface area contributed by atoms with Crippen molar-refractivity contribution in [1.82, 2.24) is 9.62 Å². The number of rotatable bonds is 8. The second-order valence-electron chi connectivity index (χ2n) is 8.70. The number of nitrogens with zero attached hydrogens (tertiary/aromatic N) is 3. The van der Waals surface area contributed by atoms with E-state index in [1.165, 1.54) is 45.6 Å². The van der Waals surface area contributed by atoms with Crippen molar-refractivity contribution in [3.05, 3.63) is 60.2 Å². The van der Waals surface area contributed by atoms with Gasteiger partial charge in [0.2, 0.25) is 21.8 Å². The number of amides is 2. The first-order valence-corrected chi connectivity index (χ1v) is 13.2. The number of benzene rings is 2. The molecule has 4 rings (SSSR count). The molecule has 0 spiro atoms. The van der Waals surface area contributed by atoms with Crippen LogP contribution in [0.2, 0.25) is 0 Å². The number of carbonyl (C=O) groups is 2. The largest absolute Gasteiger partial charge is 0.369 e. The molecule has 0 radical (unpaired) electrons. The van der Waals surface area contributed by atoms with Crippen molar-refractivity contribution in [3.63, 3.8) is 0 Å². The van der Waals surface area contributed by atoms with Gasteiger partial charge in [-0.15, -0.1) is 0 Å². The summed E-state index contributed by atoms with van der Waals surface area (Å²) >= 11 is 0. The van der Waals surface area contributed by atoms with E-state index in [4.69, 9.17) is 0 Å². The fourth-order valence-electron chi connectivity index (χ4n) is 4.37. The highest BCUT2D eigenvalue weighted by molar-refractivity contribution is 7.89. The van der Waals surface area contributed by atoms with Gasteiger partial charge in [0.15, 0.2) is 0 Å². The average Bonchev–Trinajstić information content (AvgIpc) is 3.24. The van der Waals surface area contributed by atoms with E-state index in [-0.39, 0.29) is 49.3 Å². The minimum Gasteiger partial charge on any atom is -0.369 e. The first-order chi connectivity index (χ1) is 16.7. The van der Waals surface area contributed by atoms with Gasteiger partial charge >= 0.3 is 0 Å². The van der Waals surface area contributed by atoms with Gasteiger partial charge in [-0.25, -0.2) is 17.2 Å². The lowest BCUT2D eigenvalue weighted by Gasteiger charge is -2.35. The molecule has 11 heteroatoms. The van der Waals surface area contributed by atoms with Crippen LogP contribution in [0.4, 0.5) is 20.2 Å². The number of hydrogen-bond donors (Lipinski definition) is 1. The molecule has 0 saturated carbocycles. The van der Waals surface area contributed by atoms with Gasteiger partial charge in [0, 0.05) is 57.1 Å². The highest BCUT2D eigenvalue weighted by atomic mass is 32.2. The summed E-state index contributed by atoms with van der Waals surface area (Å²) in [5.74, 6) is -1.85. The summed E-state index contributed by atoms with van der Waals surface area (Å²) < 4.78 is 53.1. The molecule has 188 valence electrons. The number of anilines is 2. The molecule has 0 aliphatic carbocycles. The quantitative estimate of drug-likeness (QED) is 0.553. The van der Waals surface area contributed by atoms with Gasteiger partial charge in [-0.3, -0.25) is 9.59 Å². The van der Waals surface area contributed by atoms with Gasteiger partial charge in [0.1, 0.15) is 11.6 Å². The second kappa shape index (κ2) is 10.7. The van der Waals surface area contributed by atoms with Crippen LogP contribution in [0.15, 0.2) is 48.5 Å². The van der Waals surface area contributed by atoms with Crippen LogP contribution in [-0.2, 0) is 19.6 Å². The minimum absolute atomic E-state index is 0.0554. The molecule has 2 aliphatic heterocycles. The predicted molar refractivity (Wildman–Crippen MR) is 128 cm³/mol. The van der Waals surface area contributed by atoms with Crippen LogP contribution in [0, 0.1) is 17.6 Å². The topological polar surface area (TPSA) is 90.0 Å². The molecular formula is C24H28F2N4O4S. The van der Waals surface area contributed by atoms with Crippen LogP contribution in [0.3, 0.4) is 0 Å². The van der Waals surface area contributed by atoms with Crippen LogP contribution >= 0.6 is 0 Å². The molecule has 2 heterocycles. The van der Waals surface area contributed by atoms with Crippen molar-refractivity contribution in [2.24, 2.45) is 5.92 Å². The molecule has 2 saturated heterocycles. The summed E-state index contributed by atoms with van der Waals surface area (Å²) in [4.78, 5) is 28.3. The fourth-order valence-corrected chi connectivity index (χ4v) is 5.86. The SMILES string of the molecule is O=C(NCCCS(=O)(=O)N1CCN(c2ccc(F)cc2)CC1)C1CC(=O)N(c2ccc(F)cc2)C1. The number of carbonyl (C=O) groups excluding carboxylic acids is 2. The Hall–Kier alpha value is -3.05. The molecule has 2 amide bonds. The fraction of sp³-hybridized carbons (Fsp3) is 0.417. The lowest BCUT2D eigenvalue weighted by Crippen LogP contribution is -2.49. The molecule has 35 heavy (non-hydrogen) atoms. The number of nitrogens with one attached hydrogen (secondary N) is 1. The zero-order chi connectivity index (χ0) is 25.0. The minimum atomic E-state index is -3.47. The Labute approximate surface area is 203 Å². The predicted octanol–water partition coefficient (Wildman–Crippen LogP) is 1.98. The second-order valence-corrected chi connectivity index (χ2v) is 10.8. The average molecular weight is 507 g/mol. The number of piperazine rings is 1. The standard InChI is InChI=1S/C24H28F2N4O4S/c25-19-2-6-21(7-3-19)28-11-13-29(14-12-28)35(33,34)15-1-10-27-24(32)18-16-23(31)30(17-18)22-8-4-20(26)5-9-22/h2-9,18H,1,10-17H2,(H,27,32). The van der Waals surface area contributed by atoms with Crippen molar-refractivity contribution in [1.29, 1.82) is 0 Å². The summed E-state index contributed by atoms with van der Waals surface area (Å²) in [6.45, 7) is 2.11. The Morgan fingerprint density at radius 3 is 2.09 bits per heavy atom. The Bertz CT molecular complexity index is 1150. The van der Waals surface area contributed by atoms with Crippen LogP contribution in [0.5, 0.6) is 0 Å². The summed E-state index contributed by atoms with van der Waals surface area (Å²) in [5, 5.41) is 2.74. The van der Waals surface area contributed by atoms with E-state index < -0.39 is 21.8 Å². The zero-order valence-electron chi connectivity index (χ0n) is 19.2. The van der Waals surface area contributed by atoms with E-state index in [9.17, 15) is 26.8 Å². The third kappa shape index (κ3) is 6.15. The van der Waals surface area contributed by atoms with Crippen molar-refractivity contribution in [2.75, 3.05) is 54.8 Å². The highest BCUT2D eigenvalue weighted by Gasteiger charge is 2.35. The normalized spacial score (nSPS) is 19.3. The number of halogens is 2. The number of sulfonamides is 1. The first kappa shape index (κ1) is 25.1. The number of hydrogen-bond acceptors (Lipinski definition) is 5. The van der Waals surface area contributed by atoms with Crippen molar-refractivity contribution in [3.8, 4) is 0 Å². The third-order valence-electron chi connectivity index (χ3n) is 6.34. The van der Waals surface area contributed by atoms with E-state index in [2.05, 4.69) is 5.32 Å². The van der Waals surface area contributed by atoms with Gasteiger partial charge in [-0.05, 0) is 55.0 Å². The first-order valence-electron chi connectivity index (χ1n) is 11.5. The molecule has 8 nitrogen and oxygen atoms in total. The molecule has 1 N–H and O–H groups in total. The van der Waals surface area contributed by atoms with Gasteiger partial charge in [0.05, 0.1) is 11.7 Å². The Kier molecular flexibility index (Phi) is 7.66. The Balaban J connectivity index is 1.19. The van der Waals surface area contributed by atoms with Crippen molar-refractivity contribution < 1.29 is 26.8 Å². The molecular weight excluding hydrogens is 478 g/mol. The van der Waals surface area contributed by atoms with E-state index in [1.54, 1.807) is 12.1 Å².